The molecule has 2 saturated heterocycles. The minimum Gasteiger partial charge on any atom is -0.352 e. The first-order valence-electron chi connectivity index (χ1n) is 9.52. The Morgan fingerprint density at radius 2 is 2.04 bits per heavy atom. The van der Waals surface area contributed by atoms with E-state index in [1.807, 2.05) is 0 Å². The Morgan fingerprint density at radius 3 is 2.82 bits per heavy atom. The second kappa shape index (κ2) is 8.22. The number of rotatable bonds is 5. The van der Waals surface area contributed by atoms with Gasteiger partial charge in [0.1, 0.15) is 5.82 Å². The number of piperidine rings is 1. The first kappa shape index (κ1) is 18.8. The van der Waals surface area contributed by atoms with Crippen molar-refractivity contribution >= 4 is 33.4 Å². The Morgan fingerprint density at radius 1 is 1.21 bits per heavy atom. The van der Waals surface area contributed by atoms with E-state index in [0.29, 0.717) is 30.2 Å². The molecule has 3 heterocycles. The summed E-state index contributed by atoms with van der Waals surface area (Å²) in [6, 6.07) is 6.45. The minimum atomic E-state index is -0.314. The Hall–Kier alpha value is -2.55. The van der Waals surface area contributed by atoms with Crippen LogP contribution in [0.1, 0.15) is 31.2 Å². The monoisotopic (exact) mass is 403 g/mol. The molecule has 0 bridgehead atoms. The fourth-order valence-corrected chi connectivity index (χ4v) is 4.55. The molecular weight excluding hydrogens is 381 g/mol. The highest BCUT2D eigenvalue weighted by atomic mass is 32.1. The number of anilines is 2. The molecule has 1 aromatic heterocycles. The summed E-state index contributed by atoms with van der Waals surface area (Å²) in [5, 5.41) is 12.6. The molecule has 28 heavy (non-hydrogen) atoms. The number of carbonyl (C=O) groups is 2. The lowest BCUT2D eigenvalue weighted by Gasteiger charge is -2.31. The van der Waals surface area contributed by atoms with Crippen molar-refractivity contribution in [3.63, 3.8) is 0 Å². The molecule has 0 unspecified atom stereocenters. The van der Waals surface area contributed by atoms with Crippen molar-refractivity contribution in [2.45, 2.75) is 32.2 Å². The molecule has 0 aliphatic carbocycles. The maximum absolute atomic E-state index is 13.7. The third-order valence-electron chi connectivity index (χ3n) is 5.18. The van der Waals surface area contributed by atoms with Crippen molar-refractivity contribution in [3.8, 4) is 0 Å². The van der Waals surface area contributed by atoms with E-state index in [0.717, 1.165) is 30.9 Å². The number of nitrogens with zero attached hydrogens (tertiary/aromatic N) is 4. The average Bonchev–Trinajstić information content (AvgIpc) is 3.36. The molecule has 1 aromatic carbocycles. The van der Waals surface area contributed by atoms with Gasteiger partial charge in [0, 0.05) is 38.2 Å². The number of nitrogens with one attached hydrogen (secondary N) is 1. The highest BCUT2D eigenvalue weighted by molar-refractivity contribution is 7.19. The summed E-state index contributed by atoms with van der Waals surface area (Å²) in [4.78, 5) is 28.2. The predicted molar refractivity (Wildman–Crippen MR) is 105 cm³/mol. The number of hydrogen-bond donors (Lipinski definition) is 1. The minimum absolute atomic E-state index is 0.0765. The highest BCUT2D eigenvalue weighted by Crippen LogP contribution is 2.32. The van der Waals surface area contributed by atoms with Crippen molar-refractivity contribution < 1.29 is 14.0 Å². The molecule has 4 rings (SSSR count). The molecule has 2 aliphatic heterocycles. The lowest BCUT2D eigenvalue weighted by atomic mass is 9.97. The molecular formula is C19H22FN5O2S. The van der Waals surface area contributed by atoms with Crippen LogP contribution in [0, 0.1) is 11.7 Å². The first-order valence-corrected chi connectivity index (χ1v) is 10.3. The van der Waals surface area contributed by atoms with Crippen LogP contribution in [0.3, 0.4) is 0 Å². The molecule has 2 fully saturated rings. The van der Waals surface area contributed by atoms with Gasteiger partial charge < -0.3 is 10.2 Å². The number of halogens is 1. The van der Waals surface area contributed by atoms with Crippen LogP contribution in [0.15, 0.2) is 24.3 Å². The molecule has 1 N–H and O–H groups in total. The summed E-state index contributed by atoms with van der Waals surface area (Å²) in [6.45, 7) is 2.22. The molecule has 0 saturated carbocycles. The van der Waals surface area contributed by atoms with Gasteiger partial charge in [0.05, 0.1) is 5.92 Å². The van der Waals surface area contributed by atoms with Crippen molar-refractivity contribution in [2.24, 2.45) is 5.92 Å². The van der Waals surface area contributed by atoms with Crippen LogP contribution in [0.5, 0.6) is 0 Å². The third-order valence-corrected chi connectivity index (χ3v) is 6.19. The quantitative estimate of drug-likeness (QED) is 0.829. The standard InChI is InChI=1S/C19H22FN5O2S/c20-15-7-2-1-5-13(15)11-21-17(27)14-6-3-9-24(12-14)18-22-23-19(28-18)25-10-4-8-16(25)26/h1-2,5,7,14H,3-4,6,8-12H2,(H,21,27)/t14-/m1/s1. The lowest BCUT2D eigenvalue weighted by Crippen LogP contribution is -2.43. The SMILES string of the molecule is O=C(NCc1ccccc1F)[C@@H]1CCCN(c2nnc(N3CCCC3=O)s2)C1. The van der Waals surface area contributed by atoms with Crippen LogP contribution in [0.4, 0.5) is 14.7 Å². The smallest absolute Gasteiger partial charge is 0.228 e. The molecule has 0 radical (unpaired) electrons. The molecule has 2 aromatic rings. The Balaban J connectivity index is 1.36. The van der Waals surface area contributed by atoms with Crippen LogP contribution in [0.2, 0.25) is 0 Å². The number of benzene rings is 1. The van der Waals surface area contributed by atoms with Crippen LogP contribution in [-0.2, 0) is 16.1 Å². The van der Waals surface area contributed by atoms with Gasteiger partial charge in [-0.05, 0) is 25.3 Å². The van der Waals surface area contributed by atoms with Crippen molar-refractivity contribution in [2.75, 3.05) is 29.4 Å². The van der Waals surface area contributed by atoms with Gasteiger partial charge in [-0.2, -0.15) is 0 Å². The number of aromatic nitrogens is 2. The largest absolute Gasteiger partial charge is 0.352 e. The second-order valence-corrected chi connectivity index (χ2v) is 8.04. The van der Waals surface area contributed by atoms with Crippen LogP contribution in [-0.4, -0.2) is 41.6 Å². The maximum Gasteiger partial charge on any atom is 0.228 e. The van der Waals surface area contributed by atoms with Gasteiger partial charge in [-0.15, -0.1) is 10.2 Å². The average molecular weight is 403 g/mol. The Kier molecular flexibility index (Phi) is 5.52. The van der Waals surface area contributed by atoms with Gasteiger partial charge in [0.15, 0.2) is 0 Å². The van der Waals surface area contributed by atoms with Gasteiger partial charge in [-0.1, -0.05) is 29.5 Å². The van der Waals surface area contributed by atoms with E-state index >= 15 is 0 Å². The van der Waals surface area contributed by atoms with Gasteiger partial charge in [-0.25, -0.2) is 4.39 Å². The summed E-state index contributed by atoms with van der Waals surface area (Å²) < 4.78 is 13.7. The lowest BCUT2D eigenvalue weighted by molar-refractivity contribution is -0.125. The van der Waals surface area contributed by atoms with Crippen LogP contribution < -0.4 is 15.1 Å². The zero-order valence-corrected chi connectivity index (χ0v) is 16.3. The second-order valence-electron chi connectivity index (χ2n) is 7.11. The van der Waals surface area contributed by atoms with E-state index in [1.54, 1.807) is 23.1 Å². The summed E-state index contributed by atoms with van der Waals surface area (Å²) in [7, 11) is 0. The first-order chi connectivity index (χ1) is 13.6. The van der Waals surface area contributed by atoms with Crippen molar-refractivity contribution in [1.82, 2.24) is 15.5 Å². The van der Waals surface area contributed by atoms with E-state index in [2.05, 4.69) is 20.4 Å². The summed E-state index contributed by atoms with van der Waals surface area (Å²) >= 11 is 1.39. The fraction of sp³-hybridized carbons (Fsp3) is 0.474. The summed E-state index contributed by atoms with van der Waals surface area (Å²) in [6.07, 6.45) is 3.07. The van der Waals surface area contributed by atoms with E-state index in [1.165, 1.54) is 17.4 Å². The van der Waals surface area contributed by atoms with E-state index in [9.17, 15) is 14.0 Å². The summed E-state index contributed by atoms with van der Waals surface area (Å²) in [5.41, 5.74) is 0.479. The third kappa shape index (κ3) is 3.99. The van der Waals surface area contributed by atoms with Gasteiger partial charge in [0.25, 0.3) is 0 Å². The van der Waals surface area contributed by atoms with Gasteiger partial charge in [-0.3, -0.25) is 14.5 Å². The van der Waals surface area contributed by atoms with E-state index in [-0.39, 0.29) is 30.1 Å². The normalized spacial score (nSPS) is 19.9. The molecule has 9 heteroatoms. The molecule has 0 spiro atoms. The number of hydrogen-bond acceptors (Lipinski definition) is 6. The fourth-order valence-electron chi connectivity index (χ4n) is 3.63. The zero-order valence-electron chi connectivity index (χ0n) is 15.4. The molecule has 2 amide bonds. The molecule has 1 atom stereocenters. The van der Waals surface area contributed by atoms with E-state index in [4.69, 9.17) is 0 Å². The topological polar surface area (TPSA) is 78.4 Å². The van der Waals surface area contributed by atoms with Crippen LogP contribution in [0.25, 0.3) is 0 Å². The maximum atomic E-state index is 13.7. The molecule has 148 valence electrons. The van der Waals surface area contributed by atoms with Crippen molar-refractivity contribution in [3.05, 3.63) is 35.6 Å². The highest BCUT2D eigenvalue weighted by Gasteiger charge is 2.30. The van der Waals surface area contributed by atoms with E-state index < -0.39 is 0 Å². The number of carbonyl (C=O) groups excluding carboxylic acids is 2. The van der Waals surface area contributed by atoms with Gasteiger partial charge in [0.2, 0.25) is 22.1 Å². The van der Waals surface area contributed by atoms with Gasteiger partial charge >= 0.3 is 0 Å². The number of amides is 2. The summed E-state index contributed by atoms with van der Waals surface area (Å²) in [5.74, 6) is -0.480. The van der Waals surface area contributed by atoms with Crippen molar-refractivity contribution in [1.29, 1.82) is 0 Å². The zero-order chi connectivity index (χ0) is 19.5. The Bertz CT molecular complexity index is 874. The molecule has 7 nitrogen and oxygen atoms in total. The predicted octanol–water partition coefficient (Wildman–Crippen LogP) is 2.34. The molecule has 2 aliphatic rings. The Labute approximate surface area is 166 Å². The van der Waals surface area contributed by atoms with Crippen LogP contribution >= 0.6 is 11.3 Å².